The van der Waals surface area contributed by atoms with E-state index in [2.05, 4.69) is 39.0 Å². The maximum atomic E-state index is 13.4. The van der Waals surface area contributed by atoms with E-state index in [9.17, 15) is 9.59 Å². The van der Waals surface area contributed by atoms with Gasteiger partial charge in [-0.15, -0.1) is 0 Å². The first-order valence-corrected chi connectivity index (χ1v) is 12.2. The molecular weight excluding hydrogens is 454 g/mol. The number of carbonyl (C=O) groups is 1. The van der Waals surface area contributed by atoms with E-state index in [1.807, 2.05) is 46.9 Å². The minimum absolute atomic E-state index is 0.0370. The molecule has 182 valence electrons. The Bertz CT molecular complexity index is 1650. The number of imidazole rings is 1. The highest BCUT2D eigenvalue weighted by Gasteiger charge is 2.27. The molecule has 0 spiro atoms. The predicted molar refractivity (Wildman–Crippen MR) is 138 cm³/mol. The van der Waals surface area contributed by atoms with Crippen molar-refractivity contribution in [3.8, 4) is 11.1 Å². The summed E-state index contributed by atoms with van der Waals surface area (Å²) in [7, 11) is 0. The second-order valence-corrected chi connectivity index (χ2v) is 9.43. The maximum absolute atomic E-state index is 13.4. The SMILES string of the molecule is Cc1ccccc1-c1cn(CC(=O)N2CCC(n3c(=O)[nH]c4ncccc43)CC2)c2ncnc(C)c12. The molecule has 9 nitrogen and oxygen atoms in total. The summed E-state index contributed by atoms with van der Waals surface area (Å²) < 4.78 is 3.73. The van der Waals surface area contributed by atoms with Gasteiger partial charge in [0.25, 0.3) is 0 Å². The molecule has 0 unspecified atom stereocenters. The molecule has 1 aliphatic rings. The normalized spacial score (nSPS) is 14.7. The highest BCUT2D eigenvalue weighted by Crippen LogP contribution is 2.33. The van der Waals surface area contributed by atoms with Crippen LogP contribution in [0.4, 0.5) is 0 Å². The number of hydrogen-bond acceptors (Lipinski definition) is 5. The van der Waals surface area contributed by atoms with E-state index in [0.29, 0.717) is 18.7 Å². The fraction of sp³-hybridized carbons (Fsp3) is 0.296. The fourth-order valence-corrected chi connectivity index (χ4v) is 5.42. The van der Waals surface area contributed by atoms with Gasteiger partial charge in [0.1, 0.15) is 18.5 Å². The summed E-state index contributed by atoms with van der Waals surface area (Å²) in [6.45, 7) is 5.47. The zero-order chi connectivity index (χ0) is 24.8. The Morgan fingerprint density at radius 1 is 1.03 bits per heavy atom. The quantitative estimate of drug-likeness (QED) is 0.423. The molecule has 9 heteroatoms. The van der Waals surface area contributed by atoms with Gasteiger partial charge in [0.05, 0.1) is 11.2 Å². The number of hydrogen-bond donors (Lipinski definition) is 1. The number of benzene rings is 1. The number of pyridine rings is 1. The van der Waals surface area contributed by atoms with Crippen molar-refractivity contribution < 1.29 is 4.79 Å². The molecule has 1 amide bonds. The molecule has 0 saturated carbocycles. The van der Waals surface area contributed by atoms with Crippen LogP contribution in [0.2, 0.25) is 0 Å². The maximum Gasteiger partial charge on any atom is 0.327 e. The molecule has 1 aliphatic heterocycles. The van der Waals surface area contributed by atoms with Gasteiger partial charge in [0.2, 0.25) is 5.91 Å². The summed E-state index contributed by atoms with van der Waals surface area (Å²) in [5.74, 6) is 0.0471. The Kier molecular flexibility index (Phi) is 5.40. The molecule has 1 fully saturated rings. The van der Waals surface area contributed by atoms with Crippen LogP contribution in [-0.2, 0) is 11.3 Å². The van der Waals surface area contributed by atoms with E-state index in [-0.39, 0.29) is 24.2 Å². The number of aromatic nitrogens is 6. The van der Waals surface area contributed by atoms with Crippen LogP contribution in [0.1, 0.15) is 30.1 Å². The Morgan fingerprint density at radius 2 is 1.83 bits per heavy atom. The first-order chi connectivity index (χ1) is 17.5. The zero-order valence-electron chi connectivity index (χ0n) is 20.3. The smallest absolute Gasteiger partial charge is 0.327 e. The van der Waals surface area contributed by atoms with Gasteiger partial charge in [0.15, 0.2) is 5.65 Å². The Morgan fingerprint density at radius 3 is 2.64 bits per heavy atom. The Labute approximate surface area is 207 Å². The fourth-order valence-electron chi connectivity index (χ4n) is 5.42. The summed E-state index contributed by atoms with van der Waals surface area (Å²) in [5, 5.41) is 0.977. The summed E-state index contributed by atoms with van der Waals surface area (Å²) in [4.78, 5) is 43.8. The number of amides is 1. The van der Waals surface area contributed by atoms with Crippen molar-refractivity contribution in [3.05, 3.63) is 76.9 Å². The number of fused-ring (bicyclic) bond motifs is 2. The van der Waals surface area contributed by atoms with Gasteiger partial charge in [-0.2, -0.15) is 0 Å². The summed E-state index contributed by atoms with van der Waals surface area (Å²) in [6, 6.07) is 12.0. The first kappa shape index (κ1) is 22.2. The minimum atomic E-state index is -0.147. The van der Waals surface area contributed by atoms with Crippen LogP contribution >= 0.6 is 0 Å². The number of rotatable bonds is 4. The molecule has 36 heavy (non-hydrogen) atoms. The summed E-state index contributed by atoms with van der Waals surface area (Å²) in [6.07, 6.45) is 6.69. The van der Waals surface area contributed by atoms with Crippen molar-refractivity contribution in [2.24, 2.45) is 0 Å². The molecule has 0 radical (unpaired) electrons. The molecule has 5 aromatic rings. The zero-order valence-corrected chi connectivity index (χ0v) is 20.3. The van der Waals surface area contributed by atoms with E-state index < -0.39 is 0 Å². The first-order valence-electron chi connectivity index (χ1n) is 12.2. The third-order valence-corrected chi connectivity index (χ3v) is 7.26. The highest BCUT2D eigenvalue weighted by atomic mass is 16.2. The number of aromatic amines is 1. The summed E-state index contributed by atoms with van der Waals surface area (Å²) in [5.41, 5.74) is 6.24. The van der Waals surface area contributed by atoms with Gasteiger partial charge < -0.3 is 9.47 Å². The number of aryl methyl sites for hydroxylation is 2. The van der Waals surface area contributed by atoms with Crippen LogP contribution in [0, 0.1) is 13.8 Å². The third kappa shape index (κ3) is 3.67. The van der Waals surface area contributed by atoms with Gasteiger partial charge in [-0.25, -0.2) is 19.7 Å². The molecule has 0 aliphatic carbocycles. The van der Waals surface area contributed by atoms with Crippen molar-refractivity contribution in [2.75, 3.05) is 13.1 Å². The number of nitrogens with one attached hydrogen (secondary N) is 1. The van der Waals surface area contributed by atoms with E-state index >= 15 is 0 Å². The topological polar surface area (TPSA) is 102 Å². The van der Waals surface area contributed by atoms with Crippen LogP contribution in [0.5, 0.6) is 0 Å². The number of nitrogens with zero attached hydrogens (tertiary/aromatic N) is 6. The van der Waals surface area contributed by atoms with Crippen LogP contribution in [0.15, 0.2) is 59.9 Å². The molecular formula is C27H27N7O2. The van der Waals surface area contributed by atoms with Crippen molar-refractivity contribution in [2.45, 2.75) is 39.3 Å². The lowest BCUT2D eigenvalue weighted by Crippen LogP contribution is -2.41. The monoisotopic (exact) mass is 481 g/mol. The Hall–Kier alpha value is -4.27. The Balaban J connectivity index is 1.24. The molecule has 4 aromatic heterocycles. The number of carbonyl (C=O) groups excluding carboxylic acids is 1. The lowest BCUT2D eigenvalue weighted by atomic mass is 10.0. The summed E-state index contributed by atoms with van der Waals surface area (Å²) >= 11 is 0. The van der Waals surface area contributed by atoms with Crippen molar-refractivity contribution in [1.29, 1.82) is 0 Å². The third-order valence-electron chi connectivity index (χ3n) is 7.26. The number of piperidine rings is 1. The average Bonchev–Trinajstić information content (AvgIpc) is 3.42. The molecule has 5 heterocycles. The largest absolute Gasteiger partial charge is 0.341 e. The number of H-pyrrole nitrogens is 1. The standard InChI is InChI=1S/C27H27N7O2/c1-17-6-3-4-7-20(17)21-14-33(26-24(21)18(2)29-16-30-26)15-23(35)32-12-9-19(10-13-32)34-22-8-5-11-28-25(22)31-27(34)36/h3-8,11,14,16,19H,9-10,12-13,15H2,1-2H3,(H,28,31,36). The van der Waals surface area contributed by atoms with E-state index in [4.69, 9.17) is 0 Å². The van der Waals surface area contributed by atoms with Gasteiger partial charge in [-0.3, -0.25) is 14.3 Å². The van der Waals surface area contributed by atoms with Gasteiger partial charge in [-0.1, -0.05) is 24.3 Å². The second kappa shape index (κ2) is 8.75. The van der Waals surface area contributed by atoms with Gasteiger partial charge in [0, 0.05) is 42.5 Å². The second-order valence-electron chi connectivity index (χ2n) is 9.43. The minimum Gasteiger partial charge on any atom is -0.341 e. The van der Waals surface area contributed by atoms with E-state index in [0.717, 1.165) is 51.8 Å². The van der Waals surface area contributed by atoms with Crippen LogP contribution in [0.25, 0.3) is 33.3 Å². The molecule has 1 saturated heterocycles. The predicted octanol–water partition coefficient (Wildman–Crippen LogP) is 3.62. The van der Waals surface area contributed by atoms with Crippen molar-refractivity contribution in [1.82, 2.24) is 34.0 Å². The molecule has 1 aromatic carbocycles. The van der Waals surface area contributed by atoms with Crippen LogP contribution in [-0.4, -0.2) is 53.0 Å². The molecule has 1 N–H and O–H groups in total. The van der Waals surface area contributed by atoms with E-state index in [1.165, 1.54) is 0 Å². The van der Waals surface area contributed by atoms with Crippen LogP contribution < -0.4 is 5.69 Å². The van der Waals surface area contributed by atoms with Crippen molar-refractivity contribution >= 4 is 28.1 Å². The number of likely N-dealkylation sites (tertiary alicyclic amines) is 1. The lowest BCUT2D eigenvalue weighted by Gasteiger charge is -2.32. The molecule has 0 atom stereocenters. The van der Waals surface area contributed by atoms with Gasteiger partial charge in [-0.05, 0) is 49.9 Å². The van der Waals surface area contributed by atoms with E-state index in [1.54, 1.807) is 17.1 Å². The highest BCUT2D eigenvalue weighted by molar-refractivity contribution is 5.97. The van der Waals surface area contributed by atoms with Crippen LogP contribution in [0.3, 0.4) is 0 Å². The average molecular weight is 482 g/mol. The lowest BCUT2D eigenvalue weighted by molar-refractivity contribution is -0.133. The van der Waals surface area contributed by atoms with Gasteiger partial charge >= 0.3 is 5.69 Å². The molecule has 0 bridgehead atoms. The van der Waals surface area contributed by atoms with Crippen molar-refractivity contribution in [3.63, 3.8) is 0 Å². The molecule has 6 rings (SSSR count).